The van der Waals surface area contributed by atoms with Gasteiger partial charge in [-0.15, -0.1) is 0 Å². The fourth-order valence-electron chi connectivity index (χ4n) is 1.13. The van der Waals surface area contributed by atoms with Crippen molar-refractivity contribution in [1.29, 1.82) is 0 Å². The van der Waals surface area contributed by atoms with Crippen LogP contribution >= 0.6 is 0 Å². The molecule has 66 valence electrons. The molecule has 0 aliphatic carbocycles. The molecule has 0 aromatic rings. The van der Waals surface area contributed by atoms with Crippen LogP contribution in [0.5, 0.6) is 0 Å². The molecule has 1 fully saturated rings. The average Bonchev–Trinajstić information content (AvgIpc) is 1.86. The summed E-state index contributed by atoms with van der Waals surface area (Å²) >= 11 is 0. The highest BCUT2D eigenvalue weighted by Gasteiger charge is 2.22. The number of hydrogen-bond acceptors (Lipinski definition) is 3. The first-order valence-corrected chi connectivity index (χ1v) is 5.02. The Labute approximate surface area is 66.7 Å². The van der Waals surface area contributed by atoms with E-state index >= 15 is 0 Å². The summed E-state index contributed by atoms with van der Waals surface area (Å²) in [5, 5.41) is 8.07. The van der Waals surface area contributed by atoms with Gasteiger partial charge in [0.15, 0.2) is 0 Å². The van der Waals surface area contributed by atoms with Crippen molar-refractivity contribution in [3.8, 4) is 0 Å². The molecule has 0 aromatic carbocycles. The Bertz CT molecular complexity index is 226. The molecule has 5 nitrogen and oxygen atoms in total. The molecule has 0 bridgehead atoms. The Hall–Kier alpha value is -0.170. The van der Waals surface area contributed by atoms with Crippen LogP contribution in [0.25, 0.3) is 0 Å². The summed E-state index contributed by atoms with van der Waals surface area (Å²) in [4.78, 5) is 0. The molecule has 1 rings (SSSR count). The Morgan fingerprint density at radius 1 is 1.64 bits per heavy atom. The van der Waals surface area contributed by atoms with Gasteiger partial charge in [-0.25, -0.2) is 5.14 Å². The maximum Gasteiger partial charge on any atom is 0.276 e. The summed E-state index contributed by atoms with van der Waals surface area (Å²) in [6, 6.07) is 0.196. The van der Waals surface area contributed by atoms with Gasteiger partial charge in [0.2, 0.25) is 0 Å². The molecular weight excluding hydrogens is 166 g/mol. The van der Waals surface area contributed by atoms with E-state index in [4.69, 9.17) is 5.14 Å². The second-order valence-electron chi connectivity index (χ2n) is 2.76. The maximum absolute atomic E-state index is 10.8. The van der Waals surface area contributed by atoms with E-state index in [2.05, 4.69) is 5.32 Å². The topological polar surface area (TPSA) is 75.4 Å². The number of piperazine rings is 1. The molecule has 1 atom stereocenters. The van der Waals surface area contributed by atoms with Gasteiger partial charge in [-0.2, -0.15) is 12.7 Å². The van der Waals surface area contributed by atoms with E-state index in [1.165, 1.54) is 4.31 Å². The minimum absolute atomic E-state index is 0.196. The van der Waals surface area contributed by atoms with Gasteiger partial charge in [-0.05, 0) is 6.92 Å². The van der Waals surface area contributed by atoms with Gasteiger partial charge in [0.05, 0.1) is 0 Å². The summed E-state index contributed by atoms with van der Waals surface area (Å²) in [6.45, 7) is 3.55. The van der Waals surface area contributed by atoms with Gasteiger partial charge < -0.3 is 5.32 Å². The summed E-state index contributed by atoms with van der Waals surface area (Å²) in [7, 11) is -3.47. The lowest BCUT2D eigenvalue weighted by Gasteiger charge is -2.29. The lowest BCUT2D eigenvalue weighted by atomic mass is 10.3. The van der Waals surface area contributed by atoms with Gasteiger partial charge in [0.1, 0.15) is 0 Å². The molecule has 0 amide bonds. The van der Waals surface area contributed by atoms with Crippen LogP contribution < -0.4 is 10.5 Å². The first kappa shape index (κ1) is 8.92. The first-order chi connectivity index (χ1) is 5.00. The molecule has 0 unspecified atom stereocenters. The van der Waals surface area contributed by atoms with Crippen LogP contribution in [0.4, 0.5) is 0 Å². The number of rotatable bonds is 1. The van der Waals surface area contributed by atoms with Crippen molar-refractivity contribution in [3.05, 3.63) is 0 Å². The summed E-state index contributed by atoms with van der Waals surface area (Å²) in [5.41, 5.74) is 0. The van der Waals surface area contributed by atoms with Crippen LogP contribution in [0.15, 0.2) is 0 Å². The highest BCUT2D eigenvalue weighted by molar-refractivity contribution is 7.86. The van der Waals surface area contributed by atoms with Crippen molar-refractivity contribution in [2.24, 2.45) is 5.14 Å². The summed E-state index contributed by atoms with van der Waals surface area (Å²) in [5.74, 6) is 0. The van der Waals surface area contributed by atoms with Gasteiger partial charge in [0.25, 0.3) is 10.2 Å². The predicted octanol–water partition coefficient (Wildman–Crippen LogP) is -1.52. The monoisotopic (exact) mass is 179 g/mol. The SMILES string of the molecule is C[C@H]1CN(S(N)(=O)=O)CCN1. The van der Waals surface area contributed by atoms with E-state index in [1.54, 1.807) is 0 Å². The van der Waals surface area contributed by atoms with Crippen molar-refractivity contribution >= 4 is 10.2 Å². The number of hydrogen-bond donors (Lipinski definition) is 2. The average molecular weight is 179 g/mol. The molecule has 1 heterocycles. The van der Waals surface area contributed by atoms with E-state index in [0.717, 1.165) is 0 Å². The van der Waals surface area contributed by atoms with E-state index in [1.807, 2.05) is 6.92 Å². The van der Waals surface area contributed by atoms with Crippen LogP contribution in [0.3, 0.4) is 0 Å². The van der Waals surface area contributed by atoms with Gasteiger partial charge in [-0.3, -0.25) is 0 Å². The Morgan fingerprint density at radius 3 is 2.64 bits per heavy atom. The standard InChI is InChI=1S/C5H13N3O2S/c1-5-4-8(3-2-7-5)11(6,9)10/h5,7H,2-4H2,1H3,(H2,6,9,10)/t5-/m0/s1. The molecule has 1 saturated heterocycles. The fourth-order valence-corrected chi connectivity index (χ4v) is 1.91. The lowest BCUT2D eigenvalue weighted by Crippen LogP contribution is -2.53. The summed E-state index contributed by atoms with van der Waals surface area (Å²) in [6.07, 6.45) is 0. The lowest BCUT2D eigenvalue weighted by molar-refractivity contribution is 0.310. The van der Waals surface area contributed by atoms with Crippen LogP contribution in [-0.2, 0) is 10.2 Å². The highest BCUT2D eigenvalue weighted by Crippen LogP contribution is 2.00. The molecule has 1 aliphatic heterocycles. The van der Waals surface area contributed by atoms with Crippen molar-refractivity contribution in [2.75, 3.05) is 19.6 Å². The second kappa shape index (κ2) is 3.06. The van der Waals surface area contributed by atoms with Crippen molar-refractivity contribution in [2.45, 2.75) is 13.0 Å². The van der Waals surface area contributed by atoms with Crippen LogP contribution in [0.1, 0.15) is 6.92 Å². The molecule has 11 heavy (non-hydrogen) atoms. The third-order valence-corrected chi connectivity index (χ3v) is 2.74. The van der Waals surface area contributed by atoms with Crippen molar-refractivity contribution in [1.82, 2.24) is 9.62 Å². The second-order valence-corrected chi connectivity index (χ2v) is 4.30. The molecular formula is C5H13N3O2S. The molecule has 3 N–H and O–H groups in total. The zero-order valence-corrected chi connectivity index (χ0v) is 7.26. The van der Waals surface area contributed by atoms with Crippen LogP contribution in [0, 0.1) is 0 Å². The largest absolute Gasteiger partial charge is 0.312 e. The van der Waals surface area contributed by atoms with E-state index in [-0.39, 0.29) is 6.04 Å². The zero-order chi connectivity index (χ0) is 8.48. The molecule has 6 heteroatoms. The highest BCUT2D eigenvalue weighted by atomic mass is 32.2. The molecule has 0 radical (unpaired) electrons. The van der Waals surface area contributed by atoms with Crippen LogP contribution in [-0.4, -0.2) is 38.4 Å². The minimum atomic E-state index is -3.47. The zero-order valence-electron chi connectivity index (χ0n) is 6.45. The summed E-state index contributed by atoms with van der Waals surface area (Å²) < 4.78 is 22.9. The van der Waals surface area contributed by atoms with E-state index in [0.29, 0.717) is 19.6 Å². The Balaban J connectivity index is 2.60. The number of nitrogens with one attached hydrogen (secondary N) is 1. The van der Waals surface area contributed by atoms with Crippen molar-refractivity contribution < 1.29 is 8.42 Å². The third-order valence-electron chi connectivity index (χ3n) is 1.69. The minimum Gasteiger partial charge on any atom is -0.312 e. The number of nitrogens with two attached hydrogens (primary N) is 1. The van der Waals surface area contributed by atoms with Gasteiger partial charge in [0, 0.05) is 25.7 Å². The Kier molecular flexibility index (Phi) is 2.48. The van der Waals surface area contributed by atoms with Gasteiger partial charge >= 0.3 is 0 Å². The van der Waals surface area contributed by atoms with Crippen LogP contribution in [0.2, 0.25) is 0 Å². The molecule has 1 aliphatic rings. The third kappa shape index (κ3) is 2.41. The van der Waals surface area contributed by atoms with Gasteiger partial charge in [-0.1, -0.05) is 0 Å². The molecule has 0 saturated carbocycles. The fraction of sp³-hybridized carbons (Fsp3) is 1.00. The predicted molar refractivity (Wildman–Crippen MR) is 42.1 cm³/mol. The maximum atomic E-state index is 10.8. The Morgan fingerprint density at radius 2 is 2.27 bits per heavy atom. The molecule has 0 aromatic heterocycles. The van der Waals surface area contributed by atoms with E-state index < -0.39 is 10.2 Å². The normalized spacial score (nSPS) is 28.7. The first-order valence-electron chi connectivity index (χ1n) is 3.51. The molecule has 0 spiro atoms. The van der Waals surface area contributed by atoms with E-state index in [9.17, 15) is 8.42 Å². The number of nitrogens with zero attached hydrogens (tertiary/aromatic N) is 1. The quantitative estimate of drug-likeness (QED) is 0.513. The van der Waals surface area contributed by atoms with Crippen molar-refractivity contribution in [3.63, 3.8) is 0 Å². The smallest absolute Gasteiger partial charge is 0.276 e.